The van der Waals surface area contributed by atoms with Crippen LogP contribution in [-0.2, 0) is 9.53 Å². The first-order chi connectivity index (χ1) is 9.52. The number of ether oxygens (including phenoxy) is 1. The largest absolute Gasteiger partial charge is 0.380 e. The molecule has 0 aromatic carbocycles. The van der Waals surface area contributed by atoms with E-state index in [1.165, 1.54) is 0 Å². The smallest absolute Gasteiger partial charge is 0.262 e. The molecular weight excluding hydrogens is 339 g/mol. The number of alkyl halides is 2. The second-order valence-electron chi connectivity index (χ2n) is 5.36. The van der Waals surface area contributed by atoms with Gasteiger partial charge in [0.15, 0.2) is 0 Å². The van der Waals surface area contributed by atoms with Crippen molar-refractivity contribution in [3.05, 3.63) is 0 Å². The van der Waals surface area contributed by atoms with Crippen molar-refractivity contribution in [3.8, 4) is 0 Å². The van der Waals surface area contributed by atoms with Gasteiger partial charge in [0.25, 0.3) is 5.92 Å². The van der Waals surface area contributed by atoms with Gasteiger partial charge in [-0.25, -0.2) is 8.78 Å². The summed E-state index contributed by atoms with van der Waals surface area (Å²) in [7, 11) is 0. The molecule has 9 heteroatoms. The molecule has 1 amide bonds. The summed E-state index contributed by atoms with van der Waals surface area (Å²) in [6.07, 6.45) is -0.379. The molecule has 2 fully saturated rings. The zero-order valence-electron chi connectivity index (χ0n) is 12.7. The molecular formula is C13H25Cl2F2N3O2. The maximum absolute atomic E-state index is 13.1. The van der Waals surface area contributed by atoms with Crippen LogP contribution in [0.4, 0.5) is 8.78 Å². The second-order valence-corrected chi connectivity index (χ2v) is 5.36. The van der Waals surface area contributed by atoms with E-state index in [0.717, 1.165) is 19.6 Å². The van der Waals surface area contributed by atoms with Crippen LogP contribution >= 0.6 is 24.8 Å². The Kier molecular flexibility index (Phi) is 9.73. The van der Waals surface area contributed by atoms with E-state index in [-0.39, 0.29) is 37.1 Å². The van der Waals surface area contributed by atoms with Gasteiger partial charge in [0.1, 0.15) is 0 Å². The number of amides is 1. The molecule has 1 N–H and O–H groups in total. The number of carbonyl (C=O) groups excluding carboxylic acids is 1. The van der Waals surface area contributed by atoms with Crippen LogP contribution in [0.1, 0.15) is 13.3 Å². The van der Waals surface area contributed by atoms with Crippen molar-refractivity contribution >= 4 is 30.7 Å². The van der Waals surface area contributed by atoms with Gasteiger partial charge in [-0.05, 0) is 6.92 Å². The average molecular weight is 364 g/mol. The summed E-state index contributed by atoms with van der Waals surface area (Å²) < 4.78 is 31.5. The molecule has 0 spiro atoms. The summed E-state index contributed by atoms with van der Waals surface area (Å²) in [6.45, 7) is 6.60. The fourth-order valence-corrected chi connectivity index (χ4v) is 2.64. The third-order valence-electron chi connectivity index (χ3n) is 3.85. The molecule has 0 aliphatic carbocycles. The van der Waals surface area contributed by atoms with Gasteiger partial charge < -0.3 is 9.64 Å². The van der Waals surface area contributed by atoms with Crippen molar-refractivity contribution in [2.24, 2.45) is 0 Å². The Balaban J connectivity index is 0.00000220. The third-order valence-corrected chi connectivity index (χ3v) is 3.85. The SMILES string of the molecule is CCOCCN1CCN(C(=O)C2CC(F)(F)CN2)CC1.Cl.Cl. The van der Waals surface area contributed by atoms with Gasteiger partial charge in [0.2, 0.25) is 5.91 Å². The Morgan fingerprint density at radius 1 is 1.27 bits per heavy atom. The standard InChI is InChI=1S/C13H23F2N3O2.2ClH/c1-2-20-8-7-17-3-5-18(6-4-17)12(19)11-9-13(14,15)10-16-11;;/h11,16H,2-10H2,1H3;2*1H. The molecule has 1 atom stereocenters. The van der Waals surface area contributed by atoms with E-state index in [9.17, 15) is 13.6 Å². The number of nitrogens with one attached hydrogen (secondary N) is 1. The number of halogens is 4. The van der Waals surface area contributed by atoms with Gasteiger partial charge in [-0.1, -0.05) is 0 Å². The van der Waals surface area contributed by atoms with Crippen molar-refractivity contribution in [1.82, 2.24) is 15.1 Å². The van der Waals surface area contributed by atoms with Crippen LogP contribution in [0.5, 0.6) is 0 Å². The molecule has 2 aliphatic heterocycles. The van der Waals surface area contributed by atoms with Crippen LogP contribution in [0.3, 0.4) is 0 Å². The van der Waals surface area contributed by atoms with Crippen LogP contribution in [0, 0.1) is 0 Å². The van der Waals surface area contributed by atoms with Gasteiger partial charge in [-0.2, -0.15) is 0 Å². The first-order valence-electron chi connectivity index (χ1n) is 7.22. The van der Waals surface area contributed by atoms with Crippen LogP contribution in [0.2, 0.25) is 0 Å². The lowest BCUT2D eigenvalue weighted by Gasteiger charge is -2.35. The van der Waals surface area contributed by atoms with E-state index in [1.54, 1.807) is 4.90 Å². The zero-order valence-corrected chi connectivity index (χ0v) is 14.4. The number of hydrogen-bond donors (Lipinski definition) is 1. The monoisotopic (exact) mass is 363 g/mol. The highest BCUT2D eigenvalue weighted by Crippen LogP contribution is 2.26. The van der Waals surface area contributed by atoms with E-state index in [1.807, 2.05) is 6.92 Å². The lowest BCUT2D eigenvalue weighted by atomic mass is 10.1. The van der Waals surface area contributed by atoms with Crippen molar-refractivity contribution in [3.63, 3.8) is 0 Å². The lowest BCUT2D eigenvalue weighted by molar-refractivity contribution is -0.135. The summed E-state index contributed by atoms with van der Waals surface area (Å²) in [4.78, 5) is 16.1. The Bertz CT molecular complexity index is 343. The molecule has 0 aromatic rings. The molecule has 132 valence electrons. The molecule has 5 nitrogen and oxygen atoms in total. The average Bonchev–Trinajstić information content (AvgIpc) is 2.79. The van der Waals surface area contributed by atoms with Gasteiger partial charge in [-0.15, -0.1) is 24.8 Å². The van der Waals surface area contributed by atoms with E-state index >= 15 is 0 Å². The van der Waals surface area contributed by atoms with Crippen molar-refractivity contribution in [1.29, 1.82) is 0 Å². The highest BCUT2D eigenvalue weighted by atomic mass is 35.5. The molecule has 0 radical (unpaired) electrons. The summed E-state index contributed by atoms with van der Waals surface area (Å²) in [5.74, 6) is -2.94. The first kappa shape index (κ1) is 21.8. The minimum atomic E-state index is -2.75. The minimum absolute atomic E-state index is 0. The van der Waals surface area contributed by atoms with Gasteiger partial charge in [-0.3, -0.25) is 15.0 Å². The molecule has 0 saturated carbocycles. The molecule has 0 bridgehead atoms. The zero-order chi connectivity index (χ0) is 14.6. The summed E-state index contributed by atoms with van der Waals surface area (Å²) >= 11 is 0. The predicted molar refractivity (Wildman–Crippen MR) is 85.4 cm³/mol. The van der Waals surface area contributed by atoms with Crippen molar-refractivity contribution < 1.29 is 18.3 Å². The molecule has 2 heterocycles. The lowest BCUT2D eigenvalue weighted by Crippen LogP contribution is -2.53. The van der Waals surface area contributed by atoms with Gasteiger partial charge >= 0.3 is 0 Å². The Hall–Kier alpha value is -0.210. The van der Waals surface area contributed by atoms with E-state index in [0.29, 0.717) is 26.3 Å². The maximum Gasteiger partial charge on any atom is 0.262 e. The Morgan fingerprint density at radius 3 is 2.41 bits per heavy atom. The fraction of sp³-hybridized carbons (Fsp3) is 0.923. The van der Waals surface area contributed by atoms with Gasteiger partial charge in [0.05, 0.1) is 19.2 Å². The molecule has 2 saturated heterocycles. The number of rotatable bonds is 5. The summed E-state index contributed by atoms with van der Waals surface area (Å²) in [5, 5.41) is 2.62. The van der Waals surface area contributed by atoms with Crippen LogP contribution in [0.25, 0.3) is 0 Å². The molecule has 2 aliphatic rings. The van der Waals surface area contributed by atoms with Gasteiger partial charge in [0, 0.05) is 45.8 Å². The van der Waals surface area contributed by atoms with Crippen molar-refractivity contribution in [2.75, 3.05) is 52.5 Å². The van der Waals surface area contributed by atoms with E-state index in [2.05, 4.69) is 10.2 Å². The number of carbonyl (C=O) groups is 1. The topological polar surface area (TPSA) is 44.8 Å². The quantitative estimate of drug-likeness (QED) is 0.740. The first-order valence-corrected chi connectivity index (χ1v) is 7.22. The van der Waals surface area contributed by atoms with Crippen LogP contribution in [-0.4, -0.2) is 80.2 Å². The number of piperazine rings is 1. The van der Waals surface area contributed by atoms with Crippen molar-refractivity contribution in [2.45, 2.75) is 25.3 Å². The Morgan fingerprint density at radius 2 is 1.91 bits per heavy atom. The summed E-state index contributed by atoms with van der Waals surface area (Å²) in [6, 6.07) is -0.722. The molecule has 1 unspecified atom stereocenters. The normalized spacial score (nSPS) is 24.5. The highest BCUT2D eigenvalue weighted by molar-refractivity contribution is 5.85. The third kappa shape index (κ3) is 6.12. The fourth-order valence-electron chi connectivity index (χ4n) is 2.64. The maximum atomic E-state index is 13.1. The second kappa shape index (κ2) is 9.82. The Labute approximate surface area is 142 Å². The summed E-state index contributed by atoms with van der Waals surface area (Å²) in [5.41, 5.74) is 0. The molecule has 2 rings (SSSR count). The minimum Gasteiger partial charge on any atom is -0.380 e. The number of nitrogens with zero attached hydrogens (tertiary/aromatic N) is 2. The van der Waals surface area contributed by atoms with E-state index in [4.69, 9.17) is 4.74 Å². The highest BCUT2D eigenvalue weighted by Gasteiger charge is 2.43. The number of hydrogen-bond acceptors (Lipinski definition) is 4. The van der Waals surface area contributed by atoms with Crippen LogP contribution < -0.4 is 5.32 Å². The molecule has 22 heavy (non-hydrogen) atoms. The van der Waals surface area contributed by atoms with E-state index < -0.39 is 18.5 Å². The predicted octanol–water partition coefficient (Wildman–Crippen LogP) is 1.01. The van der Waals surface area contributed by atoms with Crippen LogP contribution in [0.15, 0.2) is 0 Å². The molecule has 0 aromatic heterocycles.